The smallest absolute Gasteiger partial charge is 0.203 e. The van der Waals surface area contributed by atoms with Gasteiger partial charge in [-0.25, -0.2) is 4.98 Å². The van der Waals surface area contributed by atoms with Crippen LogP contribution in [-0.2, 0) is 4.74 Å². The molecule has 2 rings (SSSR count). The zero-order valence-electron chi connectivity index (χ0n) is 9.41. The molecule has 0 aromatic carbocycles. The second kappa shape index (κ2) is 4.69. The maximum Gasteiger partial charge on any atom is 0.203 e. The van der Waals surface area contributed by atoms with Gasteiger partial charge in [-0.1, -0.05) is 0 Å². The van der Waals surface area contributed by atoms with E-state index in [9.17, 15) is 5.11 Å². The quantitative estimate of drug-likeness (QED) is 0.653. The molecule has 17 heavy (non-hydrogen) atoms. The van der Waals surface area contributed by atoms with Crippen molar-refractivity contribution in [3.63, 3.8) is 0 Å². The first-order valence-electron chi connectivity index (χ1n) is 5.32. The normalized spacial score (nSPS) is 28.5. The average Bonchev–Trinajstić information content (AvgIpc) is 2.65. The molecule has 1 saturated heterocycles. The number of hydrogen-bond acceptors (Lipinski definition) is 6. The predicted molar refractivity (Wildman–Crippen MR) is 63.8 cm³/mol. The van der Waals surface area contributed by atoms with Gasteiger partial charge >= 0.3 is 0 Å². The minimum absolute atomic E-state index is 0.216. The lowest BCUT2D eigenvalue weighted by atomic mass is 10.2. The molecule has 2 heterocycles. The maximum atomic E-state index is 9.66. The second-order valence-corrected chi connectivity index (χ2v) is 4.48. The topological polar surface area (TPSA) is 93.5 Å². The van der Waals surface area contributed by atoms with E-state index < -0.39 is 18.4 Å². The molecule has 3 unspecified atom stereocenters. The Bertz CT molecular complexity index is 476. The van der Waals surface area contributed by atoms with E-state index in [0.29, 0.717) is 17.0 Å². The molecule has 0 saturated carbocycles. The summed E-state index contributed by atoms with van der Waals surface area (Å²) in [6, 6.07) is 0. The van der Waals surface area contributed by atoms with Crippen LogP contribution in [0.25, 0.3) is 0 Å². The van der Waals surface area contributed by atoms with Gasteiger partial charge in [0.2, 0.25) is 4.77 Å². The van der Waals surface area contributed by atoms with Crippen molar-refractivity contribution in [2.45, 2.75) is 31.8 Å². The zero-order chi connectivity index (χ0) is 12.6. The summed E-state index contributed by atoms with van der Waals surface area (Å²) in [7, 11) is 0. The number of nitrogens with two attached hydrogens (primary N) is 1. The fourth-order valence-electron chi connectivity index (χ4n) is 1.84. The summed E-state index contributed by atoms with van der Waals surface area (Å²) in [5.41, 5.74) is 6.44. The van der Waals surface area contributed by atoms with Gasteiger partial charge in [0.25, 0.3) is 0 Å². The molecule has 0 spiro atoms. The number of aryl methyl sites for hydroxylation is 1. The van der Waals surface area contributed by atoms with Gasteiger partial charge < -0.3 is 20.7 Å². The van der Waals surface area contributed by atoms with Gasteiger partial charge in [-0.15, -0.1) is 0 Å². The number of hydrogen-bond donors (Lipinski definition) is 3. The Kier molecular flexibility index (Phi) is 3.43. The van der Waals surface area contributed by atoms with E-state index >= 15 is 0 Å². The summed E-state index contributed by atoms with van der Waals surface area (Å²) in [6.45, 7) is 1.61. The molecule has 0 bridgehead atoms. The number of nitrogens with zero attached hydrogens (tertiary/aromatic N) is 2. The van der Waals surface area contributed by atoms with Crippen molar-refractivity contribution in [2.75, 3.05) is 12.3 Å². The van der Waals surface area contributed by atoms with Crippen LogP contribution in [0, 0.1) is 11.7 Å². The highest BCUT2D eigenvalue weighted by atomic mass is 32.1. The van der Waals surface area contributed by atoms with Gasteiger partial charge in [0, 0.05) is 18.2 Å². The Morgan fingerprint density at radius 2 is 2.41 bits per heavy atom. The lowest BCUT2D eigenvalue weighted by molar-refractivity contribution is -0.0452. The minimum atomic E-state index is -0.690. The first-order valence-corrected chi connectivity index (χ1v) is 5.73. The molecule has 0 amide bonds. The van der Waals surface area contributed by atoms with Crippen LogP contribution in [0.4, 0.5) is 5.82 Å². The number of ether oxygens (including phenoxy) is 1. The van der Waals surface area contributed by atoms with E-state index in [-0.39, 0.29) is 6.61 Å². The van der Waals surface area contributed by atoms with Crippen LogP contribution < -0.4 is 5.73 Å². The first-order chi connectivity index (χ1) is 8.02. The Labute approximate surface area is 104 Å². The van der Waals surface area contributed by atoms with Gasteiger partial charge in [0.1, 0.15) is 18.1 Å². The highest BCUT2D eigenvalue weighted by Gasteiger charge is 2.34. The molecule has 1 fully saturated rings. The minimum Gasteiger partial charge on any atom is -0.394 e. The van der Waals surface area contributed by atoms with E-state index in [1.807, 2.05) is 6.92 Å². The summed E-state index contributed by atoms with van der Waals surface area (Å²) in [4.78, 5) is 4.03. The summed E-state index contributed by atoms with van der Waals surface area (Å²) in [5.74, 6) is 0.392. The Hall–Kier alpha value is -1.02. The number of nitrogen functional groups attached to an aromatic ring is 1. The van der Waals surface area contributed by atoms with Gasteiger partial charge in [0.15, 0.2) is 0 Å². The Morgan fingerprint density at radius 1 is 1.71 bits per heavy atom. The second-order valence-electron chi connectivity index (χ2n) is 4.11. The van der Waals surface area contributed by atoms with Gasteiger partial charge in [-0.05, 0) is 19.1 Å². The molecule has 1 aliphatic heterocycles. The molecule has 0 radical (unpaired) electrons. The van der Waals surface area contributed by atoms with E-state index in [4.69, 9.17) is 27.8 Å². The van der Waals surface area contributed by atoms with Crippen molar-refractivity contribution >= 4 is 18.0 Å². The molecule has 7 heteroatoms. The number of aromatic nitrogens is 2. The van der Waals surface area contributed by atoms with Crippen molar-refractivity contribution < 1.29 is 14.9 Å². The zero-order valence-corrected chi connectivity index (χ0v) is 10.2. The molecule has 1 aromatic heterocycles. The van der Waals surface area contributed by atoms with Crippen molar-refractivity contribution in [3.8, 4) is 0 Å². The molecule has 1 aromatic rings. The predicted octanol–water partition coefficient (Wildman–Crippen LogP) is 0.144. The number of aliphatic hydroxyl groups is 2. The molecule has 0 aliphatic carbocycles. The lowest BCUT2D eigenvalue weighted by Crippen LogP contribution is -2.24. The molecule has 4 N–H and O–H groups in total. The first kappa shape index (κ1) is 12.4. The maximum absolute atomic E-state index is 9.66. The fraction of sp³-hybridized carbons (Fsp3) is 0.600. The van der Waals surface area contributed by atoms with Crippen molar-refractivity contribution in [2.24, 2.45) is 0 Å². The van der Waals surface area contributed by atoms with Crippen LogP contribution >= 0.6 is 12.2 Å². The van der Waals surface area contributed by atoms with E-state index in [1.54, 1.807) is 10.8 Å². The fourth-order valence-corrected chi connectivity index (χ4v) is 2.10. The highest BCUT2D eigenvalue weighted by molar-refractivity contribution is 7.71. The molecule has 94 valence electrons. The van der Waals surface area contributed by atoms with Gasteiger partial charge in [-0.2, -0.15) is 0 Å². The van der Waals surface area contributed by atoms with Crippen LogP contribution in [-0.4, -0.2) is 38.6 Å². The van der Waals surface area contributed by atoms with Crippen LogP contribution in [0.1, 0.15) is 18.2 Å². The molecule has 1 aliphatic rings. The Balaban J connectivity index is 2.30. The third-order valence-electron chi connectivity index (χ3n) is 2.87. The third kappa shape index (κ3) is 2.32. The molecular formula is C10H15N3O3S. The van der Waals surface area contributed by atoms with E-state index in [0.717, 1.165) is 5.56 Å². The van der Waals surface area contributed by atoms with Gasteiger partial charge in [-0.3, -0.25) is 4.57 Å². The van der Waals surface area contributed by atoms with Crippen molar-refractivity contribution in [1.82, 2.24) is 9.55 Å². The highest BCUT2D eigenvalue weighted by Crippen LogP contribution is 2.29. The van der Waals surface area contributed by atoms with E-state index in [1.165, 1.54) is 0 Å². The summed E-state index contributed by atoms with van der Waals surface area (Å²) in [5, 5.41) is 18.7. The average molecular weight is 257 g/mol. The number of anilines is 1. The summed E-state index contributed by atoms with van der Waals surface area (Å²) < 4.78 is 7.46. The molecule has 6 nitrogen and oxygen atoms in total. The van der Waals surface area contributed by atoms with Crippen molar-refractivity contribution in [1.29, 1.82) is 0 Å². The summed E-state index contributed by atoms with van der Waals surface area (Å²) >= 11 is 5.10. The van der Waals surface area contributed by atoms with Crippen LogP contribution in [0.3, 0.4) is 0 Å². The molecular weight excluding hydrogens is 242 g/mol. The SMILES string of the molecule is Cc1cn(C2CC(O)C(CO)O2)c(=S)nc1N. The van der Waals surface area contributed by atoms with Crippen LogP contribution in [0.2, 0.25) is 0 Å². The van der Waals surface area contributed by atoms with E-state index in [2.05, 4.69) is 4.98 Å². The Morgan fingerprint density at radius 3 is 3.00 bits per heavy atom. The summed E-state index contributed by atoms with van der Waals surface area (Å²) in [6.07, 6.45) is 0.470. The molecule has 3 atom stereocenters. The lowest BCUT2D eigenvalue weighted by Gasteiger charge is -2.16. The number of rotatable bonds is 2. The standard InChI is InChI=1S/C10H15N3O3S/c1-5-3-13(10(17)12-9(5)11)8-2-6(15)7(4-14)16-8/h3,6-8,14-15H,2,4H2,1H3,(H2,11,12,17). The third-order valence-corrected chi connectivity index (χ3v) is 3.17. The van der Waals surface area contributed by atoms with Crippen LogP contribution in [0.5, 0.6) is 0 Å². The van der Waals surface area contributed by atoms with Gasteiger partial charge in [0.05, 0.1) is 12.7 Å². The van der Waals surface area contributed by atoms with Crippen molar-refractivity contribution in [3.05, 3.63) is 16.5 Å². The largest absolute Gasteiger partial charge is 0.394 e. The monoisotopic (exact) mass is 257 g/mol. The number of aliphatic hydroxyl groups excluding tert-OH is 2. The van der Waals surface area contributed by atoms with Crippen LogP contribution in [0.15, 0.2) is 6.20 Å².